The minimum atomic E-state index is 0.444. The van der Waals surface area contributed by atoms with E-state index in [1.54, 1.807) is 6.20 Å². The highest BCUT2D eigenvalue weighted by molar-refractivity contribution is 9.10. The molecule has 0 aliphatic rings. The molecule has 2 heterocycles. The van der Waals surface area contributed by atoms with Gasteiger partial charge in [0, 0.05) is 16.1 Å². The highest BCUT2D eigenvalue weighted by Crippen LogP contribution is 2.25. The second-order valence-corrected chi connectivity index (χ2v) is 5.37. The van der Waals surface area contributed by atoms with Crippen molar-refractivity contribution in [1.29, 1.82) is 0 Å². The number of nitrogens with one attached hydrogen (secondary N) is 1. The van der Waals surface area contributed by atoms with E-state index in [2.05, 4.69) is 26.2 Å². The van der Waals surface area contributed by atoms with Crippen LogP contribution in [-0.4, -0.2) is 4.98 Å². The van der Waals surface area contributed by atoms with E-state index in [-0.39, 0.29) is 0 Å². The van der Waals surface area contributed by atoms with Gasteiger partial charge in [0.15, 0.2) is 5.15 Å². The highest BCUT2D eigenvalue weighted by Gasteiger charge is 2.05. The van der Waals surface area contributed by atoms with Crippen LogP contribution in [0.15, 0.2) is 51.5 Å². The molecule has 0 fully saturated rings. The molecule has 3 rings (SSSR count). The zero-order valence-corrected chi connectivity index (χ0v) is 12.2. The van der Waals surface area contributed by atoms with E-state index >= 15 is 0 Å². The van der Waals surface area contributed by atoms with Gasteiger partial charge < -0.3 is 9.73 Å². The molecule has 0 spiro atoms. The van der Waals surface area contributed by atoms with Crippen LogP contribution in [0.5, 0.6) is 0 Å². The van der Waals surface area contributed by atoms with Crippen molar-refractivity contribution in [3.8, 4) is 0 Å². The van der Waals surface area contributed by atoms with Crippen molar-refractivity contribution in [2.75, 3.05) is 5.32 Å². The molecule has 96 valence electrons. The fourth-order valence-corrected chi connectivity index (χ4v) is 2.35. The molecule has 1 N–H and O–H groups in total. The normalized spacial score (nSPS) is 10.8. The molecule has 2 aromatic heterocycles. The molecule has 0 aliphatic heterocycles. The van der Waals surface area contributed by atoms with Gasteiger partial charge in [-0.25, -0.2) is 4.98 Å². The van der Waals surface area contributed by atoms with Gasteiger partial charge in [0.1, 0.15) is 11.3 Å². The number of hydrogen-bond donors (Lipinski definition) is 1. The Labute approximate surface area is 123 Å². The van der Waals surface area contributed by atoms with Crippen LogP contribution in [-0.2, 0) is 6.54 Å². The summed E-state index contributed by atoms with van der Waals surface area (Å²) in [4.78, 5) is 4.06. The van der Waals surface area contributed by atoms with Gasteiger partial charge in [0.05, 0.1) is 12.2 Å². The number of aromatic nitrogens is 1. The molecule has 0 aliphatic carbocycles. The first kappa shape index (κ1) is 12.5. The number of benzene rings is 1. The lowest BCUT2D eigenvalue weighted by atomic mass is 10.2. The summed E-state index contributed by atoms with van der Waals surface area (Å²) < 4.78 is 6.60. The first-order valence-corrected chi connectivity index (χ1v) is 6.92. The number of fused-ring (bicyclic) bond motifs is 1. The van der Waals surface area contributed by atoms with Crippen LogP contribution >= 0.6 is 27.5 Å². The molecule has 0 saturated heterocycles. The van der Waals surface area contributed by atoms with E-state index in [0.717, 1.165) is 26.9 Å². The molecule has 0 saturated carbocycles. The average Bonchev–Trinajstić information content (AvgIpc) is 2.82. The number of rotatable bonds is 3. The largest absolute Gasteiger partial charge is 0.459 e. The van der Waals surface area contributed by atoms with Crippen LogP contribution in [0.4, 0.5) is 5.69 Å². The smallest absolute Gasteiger partial charge is 0.152 e. The molecule has 3 nitrogen and oxygen atoms in total. The van der Waals surface area contributed by atoms with E-state index in [1.807, 2.05) is 36.4 Å². The van der Waals surface area contributed by atoms with E-state index < -0.39 is 0 Å². The van der Waals surface area contributed by atoms with Crippen LogP contribution in [0, 0.1) is 0 Å². The number of nitrogens with zero attached hydrogens (tertiary/aromatic N) is 1. The highest BCUT2D eigenvalue weighted by atomic mass is 79.9. The maximum Gasteiger partial charge on any atom is 0.152 e. The van der Waals surface area contributed by atoms with Crippen molar-refractivity contribution < 1.29 is 4.42 Å². The Morgan fingerprint density at radius 2 is 2.11 bits per heavy atom. The summed E-state index contributed by atoms with van der Waals surface area (Å²) in [7, 11) is 0. The Morgan fingerprint density at radius 3 is 2.95 bits per heavy atom. The molecule has 0 atom stereocenters. The van der Waals surface area contributed by atoms with Crippen LogP contribution in [0.25, 0.3) is 11.0 Å². The Balaban J connectivity index is 1.80. The van der Waals surface area contributed by atoms with E-state index in [9.17, 15) is 0 Å². The SMILES string of the molecule is Clc1ncc(Br)cc1NCc1cc2ccccc2o1. The number of halogens is 2. The summed E-state index contributed by atoms with van der Waals surface area (Å²) >= 11 is 9.38. The van der Waals surface area contributed by atoms with Gasteiger partial charge in [-0.3, -0.25) is 0 Å². The third-order valence-electron chi connectivity index (χ3n) is 2.74. The fraction of sp³-hybridized carbons (Fsp3) is 0.0714. The molecule has 3 aromatic rings. The van der Waals surface area contributed by atoms with Gasteiger partial charge in [0.25, 0.3) is 0 Å². The van der Waals surface area contributed by atoms with Crippen LogP contribution < -0.4 is 5.32 Å². The molecule has 0 bridgehead atoms. The van der Waals surface area contributed by atoms with Gasteiger partial charge in [-0.1, -0.05) is 29.8 Å². The summed E-state index contributed by atoms with van der Waals surface area (Å²) in [5.74, 6) is 0.859. The summed E-state index contributed by atoms with van der Waals surface area (Å²) in [6.45, 7) is 0.562. The maximum atomic E-state index is 6.02. The zero-order valence-electron chi connectivity index (χ0n) is 9.86. The van der Waals surface area contributed by atoms with Gasteiger partial charge >= 0.3 is 0 Å². The van der Waals surface area contributed by atoms with Gasteiger partial charge in [0.2, 0.25) is 0 Å². The molecule has 19 heavy (non-hydrogen) atoms. The third kappa shape index (κ3) is 2.74. The van der Waals surface area contributed by atoms with Crippen LogP contribution in [0.1, 0.15) is 5.76 Å². The quantitative estimate of drug-likeness (QED) is 0.694. The van der Waals surface area contributed by atoms with Crippen molar-refractivity contribution in [2.24, 2.45) is 0 Å². The summed E-state index contributed by atoms with van der Waals surface area (Å²) in [6.07, 6.45) is 1.66. The topological polar surface area (TPSA) is 38.1 Å². The monoisotopic (exact) mass is 336 g/mol. The van der Waals surface area contributed by atoms with Gasteiger partial charge in [-0.05, 0) is 34.1 Å². The van der Waals surface area contributed by atoms with E-state index in [4.69, 9.17) is 16.0 Å². The fourth-order valence-electron chi connectivity index (χ4n) is 1.85. The molecule has 0 unspecified atom stereocenters. The second kappa shape index (κ2) is 5.23. The number of hydrogen-bond acceptors (Lipinski definition) is 3. The Kier molecular flexibility index (Phi) is 3.44. The lowest BCUT2D eigenvalue weighted by Gasteiger charge is -2.06. The predicted octanol–water partition coefficient (Wildman–Crippen LogP) is 4.86. The van der Waals surface area contributed by atoms with Crippen molar-refractivity contribution in [3.05, 3.63) is 58.0 Å². The molecule has 0 radical (unpaired) electrons. The van der Waals surface area contributed by atoms with Crippen LogP contribution in [0.3, 0.4) is 0 Å². The Hall–Kier alpha value is -1.52. The van der Waals surface area contributed by atoms with Gasteiger partial charge in [-0.15, -0.1) is 0 Å². The molecule has 5 heteroatoms. The molecule has 0 amide bonds. The first-order chi connectivity index (χ1) is 9.22. The molecular formula is C14H10BrClN2O. The van der Waals surface area contributed by atoms with E-state index in [1.165, 1.54) is 0 Å². The van der Waals surface area contributed by atoms with E-state index in [0.29, 0.717) is 11.7 Å². The minimum absolute atomic E-state index is 0.444. The number of para-hydroxylation sites is 1. The van der Waals surface area contributed by atoms with Crippen molar-refractivity contribution in [2.45, 2.75) is 6.54 Å². The van der Waals surface area contributed by atoms with Crippen molar-refractivity contribution in [3.63, 3.8) is 0 Å². The second-order valence-electron chi connectivity index (χ2n) is 4.10. The minimum Gasteiger partial charge on any atom is -0.459 e. The zero-order chi connectivity index (χ0) is 13.2. The first-order valence-electron chi connectivity index (χ1n) is 5.75. The number of furan rings is 1. The number of pyridine rings is 1. The maximum absolute atomic E-state index is 6.02. The Morgan fingerprint density at radius 1 is 1.26 bits per heavy atom. The predicted molar refractivity (Wildman–Crippen MR) is 80.5 cm³/mol. The lowest BCUT2D eigenvalue weighted by molar-refractivity contribution is 0.559. The van der Waals surface area contributed by atoms with Crippen LogP contribution in [0.2, 0.25) is 5.15 Å². The average molecular weight is 338 g/mol. The summed E-state index contributed by atoms with van der Waals surface area (Å²) in [5, 5.41) is 4.75. The molecule has 1 aromatic carbocycles. The van der Waals surface area contributed by atoms with Gasteiger partial charge in [-0.2, -0.15) is 0 Å². The summed E-state index contributed by atoms with van der Waals surface area (Å²) in [6, 6.07) is 11.8. The van der Waals surface area contributed by atoms with Crippen molar-refractivity contribution >= 4 is 44.2 Å². The Bertz CT molecular complexity index is 693. The third-order valence-corrected chi connectivity index (χ3v) is 3.47. The lowest BCUT2D eigenvalue weighted by Crippen LogP contribution is -1.99. The summed E-state index contributed by atoms with van der Waals surface area (Å²) in [5.41, 5.74) is 1.66. The van der Waals surface area contributed by atoms with Crippen molar-refractivity contribution in [1.82, 2.24) is 4.98 Å². The number of anilines is 1. The molecular weight excluding hydrogens is 328 g/mol. The standard InChI is InChI=1S/C14H10BrClN2O/c15-10-6-12(14(16)18-7-10)17-8-11-5-9-3-1-2-4-13(9)19-11/h1-7,17H,8H2.